The van der Waals surface area contributed by atoms with Crippen molar-refractivity contribution in [2.45, 2.75) is 26.4 Å². The van der Waals surface area contributed by atoms with Gasteiger partial charge in [0.05, 0.1) is 0 Å². The zero-order valence-electron chi connectivity index (χ0n) is 15.1. The predicted molar refractivity (Wildman–Crippen MR) is 103 cm³/mol. The first-order valence-electron chi connectivity index (χ1n) is 8.49. The van der Waals surface area contributed by atoms with Crippen LogP contribution in [0.1, 0.15) is 18.9 Å². The van der Waals surface area contributed by atoms with Gasteiger partial charge in [0, 0.05) is 16.8 Å². The summed E-state index contributed by atoms with van der Waals surface area (Å²) >= 11 is 6.06. The number of rotatable bonds is 5. The summed E-state index contributed by atoms with van der Waals surface area (Å²) in [6.45, 7) is 3.23. The third-order valence-corrected chi connectivity index (χ3v) is 4.61. The second-order valence-corrected chi connectivity index (χ2v) is 6.61. The third-order valence-electron chi connectivity index (χ3n) is 4.21. The van der Waals surface area contributed by atoms with Crippen LogP contribution in [0.5, 0.6) is 5.75 Å². The molecule has 1 aliphatic rings. The van der Waals surface area contributed by atoms with E-state index in [1.165, 1.54) is 12.1 Å². The molecule has 0 fully saturated rings. The fraction of sp³-hybridized carbons (Fsp3) is 0.278. The Morgan fingerprint density at radius 3 is 2.79 bits per heavy atom. The van der Waals surface area contributed by atoms with E-state index in [4.69, 9.17) is 16.3 Å². The number of ether oxygens (including phenoxy) is 1. The van der Waals surface area contributed by atoms with Gasteiger partial charge >= 0.3 is 5.82 Å². The summed E-state index contributed by atoms with van der Waals surface area (Å²) in [5.74, 6) is -1.27. The van der Waals surface area contributed by atoms with Crippen LogP contribution in [0.2, 0.25) is 5.02 Å². The smallest absolute Gasteiger partial charge is 0.366 e. The normalized spacial score (nSPS) is 15.6. The Hall–Kier alpha value is -3.20. The topological polar surface area (TPSA) is 115 Å². The van der Waals surface area contributed by atoms with Crippen molar-refractivity contribution in [1.29, 1.82) is 0 Å². The van der Waals surface area contributed by atoms with E-state index in [9.17, 15) is 19.7 Å². The van der Waals surface area contributed by atoms with Crippen LogP contribution in [-0.4, -0.2) is 34.4 Å². The van der Waals surface area contributed by atoms with Gasteiger partial charge in [-0.1, -0.05) is 24.6 Å². The van der Waals surface area contributed by atoms with Gasteiger partial charge in [0.15, 0.2) is 11.9 Å². The van der Waals surface area contributed by atoms with Crippen molar-refractivity contribution in [3.05, 3.63) is 51.0 Å². The van der Waals surface area contributed by atoms with Crippen LogP contribution in [0.15, 0.2) is 30.3 Å². The first-order chi connectivity index (χ1) is 13.3. The SMILES string of the molecule is CCC1Oc2ccc([N+](=O)[O-])nc2N(CC(=O)Nc2ccc(C)c(Cl)c2)C1=O. The maximum absolute atomic E-state index is 12.7. The number of nitro groups is 1. The van der Waals surface area contributed by atoms with E-state index in [1.807, 2.05) is 6.92 Å². The highest BCUT2D eigenvalue weighted by Gasteiger charge is 2.39. The number of nitrogens with one attached hydrogen (secondary N) is 1. The molecule has 0 bridgehead atoms. The zero-order valence-corrected chi connectivity index (χ0v) is 15.9. The van der Waals surface area contributed by atoms with Gasteiger partial charge in [0.2, 0.25) is 5.91 Å². The minimum atomic E-state index is -0.794. The van der Waals surface area contributed by atoms with Crippen LogP contribution in [0.4, 0.5) is 17.3 Å². The van der Waals surface area contributed by atoms with Crippen molar-refractivity contribution in [3.8, 4) is 5.75 Å². The highest BCUT2D eigenvalue weighted by atomic mass is 35.5. The van der Waals surface area contributed by atoms with Gasteiger partial charge in [0.25, 0.3) is 11.7 Å². The summed E-state index contributed by atoms with van der Waals surface area (Å²) in [7, 11) is 0. The highest BCUT2D eigenvalue weighted by Crippen LogP contribution is 2.34. The summed E-state index contributed by atoms with van der Waals surface area (Å²) < 4.78 is 5.56. The molecule has 0 radical (unpaired) electrons. The number of anilines is 2. The van der Waals surface area contributed by atoms with E-state index < -0.39 is 28.7 Å². The number of pyridine rings is 1. The van der Waals surface area contributed by atoms with Gasteiger partial charge in [-0.05, 0) is 47.0 Å². The number of benzene rings is 1. The summed E-state index contributed by atoms with van der Waals surface area (Å²) in [5.41, 5.74) is 1.33. The summed E-state index contributed by atoms with van der Waals surface area (Å²) in [6, 6.07) is 7.60. The van der Waals surface area contributed by atoms with Crippen LogP contribution in [0, 0.1) is 17.0 Å². The molecule has 1 unspecified atom stereocenters. The van der Waals surface area contributed by atoms with E-state index in [-0.39, 0.29) is 18.1 Å². The molecule has 146 valence electrons. The van der Waals surface area contributed by atoms with E-state index in [2.05, 4.69) is 10.3 Å². The standard InChI is InChI=1S/C18H17ClN4O5/c1-3-13-18(25)22(17-14(28-13)6-7-15(21-17)23(26)27)9-16(24)20-11-5-4-10(2)12(19)8-11/h4-8,13H,3,9H2,1-2H3,(H,20,24). The maximum atomic E-state index is 12.7. The number of fused-ring (bicyclic) bond motifs is 1. The molecule has 10 heteroatoms. The number of aromatic nitrogens is 1. The molecule has 1 aliphatic heterocycles. The molecule has 28 heavy (non-hydrogen) atoms. The van der Waals surface area contributed by atoms with E-state index in [1.54, 1.807) is 25.1 Å². The Bertz CT molecular complexity index is 965. The molecule has 0 spiro atoms. The fourth-order valence-electron chi connectivity index (χ4n) is 2.72. The van der Waals surface area contributed by atoms with E-state index in [0.717, 1.165) is 10.5 Å². The lowest BCUT2D eigenvalue weighted by molar-refractivity contribution is -0.389. The summed E-state index contributed by atoms with van der Waals surface area (Å²) in [6.07, 6.45) is -0.418. The average Bonchev–Trinajstić information content (AvgIpc) is 2.66. The van der Waals surface area contributed by atoms with Crippen molar-refractivity contribution in [2.75, 3.05) is 16.8 Å². The first kappa shape index (κ1) is 19.6. The summed E-state index contributed by atoms with van der Waals surface area (Å²) in [5, 5.41) is 14.2. The van der Waals surface area contributed by atoms with E-state index >= 15 is 0 Å². The number of hydrogen-bond donors (Lipinski definition) is 1. The Morgan fingerprint density at radius 1 is 1.39 bits per heavy atom. The molecule has 3 rings (SSSR count). The lowest BCUT2D eigenvalue weighted by atomic mass is 10.2. The Balaban J connectivity index is 1.87. The maximum Gasteiger partial charge on any atom is 0.366 e. The van der Waals surface area contributed by atoms with Crippen molar-refractivity contribution in [2.24, 2.45) is 0 Å². The van der Waals surface area contributed by atoms with Gasteiger partial charge in [-0.15, -0.1) is 0 Å². The predicted octanol–water partition coefficient (Wildman–Crippen LogP) is 3.09. The molecule has 0 saturated carbocycles. The molecule has 2 aromatic rings. The number of nitrogens with zero attached hydrogens (tertiary/aromatic N) is 3. The molecule has 1 aromatic heterocycles. The zero-order chi connectivity index (χ0) is 20.4. The fourth-order valence-corrected chi connectivity index (χ4v) is 2.90. The highest BCUT2D eigenvalue weighted by molar-refractivity contribution is 6.31. The van der Waals surface area contributed by atoms with Gasteiger partial charge < -0.3 is 20.2 Å². The Kier molecular flexibility index (Phi) is 5.46. The molecule has 9 nitrogen and oxygen atoms in total. The van der Waals surface area contributed by atoms with Crippen LogP contribution in [-0.2, 0) is 9.59 Å². The largest absolute Gasteiger partial charge is 0.474 e. The molecule has 0 aliphatic carbocycles. The van der Waals surface area contributed by atoms with Crippen molar-refractivity contribution < 1.29 is 19.2 Å². The van der Waals surface area contributed by atoms with Gasteiger partial charge in [-0.3, -0.25) is 14.5 Å². The van der Waals surface area contributed by atoms with E-state index in [0.29, 0.717) is 17.1 Å². The van der Waals surface area contributed by atoms with Crippen molar-refractivity contribution >= 4 is 40.7 Å². The van der Waals surface area contributed by atoms with Gasteiger partial charge in [0.1, 0.15) is 6.54 Å². The number of carbonyl (C=O) groups excluding carboxylic acids is 2. The molecule has 2 amide bonds. The molecule has 1 atom stereocenters. The molecule has 2 heterocycles. The molecule has 0 saturated heterocycles. The second-order valence-electron chi connectivity index (χ2n) is 6.20. The summed E-state index contributed by atoms with van der Waals surface area (Å²) in [4.78, 5) is 40.5. The van der Waals surface area contributed by atoms with Crippen LogP contribution in [0.25, 0.3) is 0 Å². The first-order valence-corrected chi connectivity index (χ1v) is 8.87. The quantitative estimate of drug-likeness (QED) is 0.604. The van der Waals surface area contributed by atoms with Gasteiger partial charge in [-0.25, -0.2) is 0 Å². The van der Waals surface area contributed by atoms with Crippen molar-refractivity contribution in [1.82, 2.24) is 4.98 Å². The Morgan fingerprint density at radius 2 is 2.14 bits per heavy atom. The average molecular weight is 405 g/mol. The van der Waals surface area contributed by atoms with Crippen LogP contribution < -0.4 is 15.0 Å². The molecule has 1 aromatic carbocycles. The number of hydrogen-bond acceptors (Lipinski definition) is 6. The number of aryl methyl sites for hydroxylation is 1. The minimum Gasteiger partial charge on any atom is -0.474 e. The third kappa shape index (κ3) is 3.89. The number of carbonyl (C=O) groups is 2. The number of amides is 2. The molecule has 1 N–H and O–H groups in total. The van der Waals surface area contributed by atoms with Crippen LogP contribution >= 0.6 is 11.6 Å². The van der Waals surface area contributed by atoms with Crippen LogP contribution in [0.3, 0.4) is 0 Å². The minimum absolute atomic E-state index is 0.0546. The monoisotopic (exact) mass is 404 g/mol. The van der Waals surface area contributed by atoms with Crippen molar-refractivity contribution in [3.63, 3.8) is 0 Å². The molecular formula is C18H17ClN4O5. The van der Waals surface area contributed by atoms with Gasteiger partial charge in [-0.2, -0.15) is 0 Å². The lowest BCUT2D eigenvalue weighted by Crippen LogP contribution is -2.49. The molecular weight excluding hydrogens is 388 g/mol. The number of halogens is 1. The lowest BCUT2D eigenvalue weighted by Gasteiger charge is -2.30. The second kappa shape index (κ2) is 7.81. The Labute approximate surface area is 165 Å².